The quantitative estimate of drug-likeness (QED) is 0.0325. The Balaban J connectivity index is 4.62. The first kappa shape index (κ1) is 44.0. The number of unbranched alkanes of at least 4 members (excludes halogenated alkanes) is 17. The van der Waals surface area contributed by atoms with E-state index >= 15 is 0 Å². The van der Waals surface area contributed by atoms with Gasteiger partial charge in [0.05, 0.1) is 39.9 Å². The minimum Gasteiger partial charge on any atom is -0.756 e. The van der Waals surface area contributed by atoms with Crippen molar-refractivity contribution >= 4 is 13.7 Å². The van der Waals surface area contributed by atoms with Crippen LogP contribution in [0.4, 0.5) is 0 Å². The van der Waals surface area contributed by atoms with Gasteiger partial charge in [0.25, 0.3) is 7.82 Å². The highest BCUT2D eigenvalue weighted by Crippen LogP contribution is 2.38. The number of hydrogen-bond acceptors (Lipinski definition) is 6. The monoisotopic (exact) mass is 659 g/mol. The van der Waals surface area contributed by atoms with Crippen LogP contribution in [-0.4, -0.2) is 68.5 Å². The largest absolute Gasteiger partial charge is 0.756 e. The molecule has 0 aromatic carbocycles. The van der Waals surface area contributed by atoms with E-state index in [0.29, 0.717) is 17.4 Å². The highest BCUT2D eigenvalue weighted by atomic mass is 31.2. The van der Waals surface area contributed by atoms with Crippen LogP contribution in [0.25, 0.3) is 0 Å². The summed E-state index contributed by atoms with van der Waals surface area (Å²) in [5, 5.41) is 13.6. The smallest absolute Gasteiger partial charge is 0.268 e. The molecule has 2 N–H and O–H groups in total. The van der Waals surface area contributed by atoms with E-state index in [1.807, 2.05) is 27.2 Å². The molecule has 8 nitrogen and oxygen atoms in total. The normalized spacial score (nSPS) is 15.1. The molecule has 0 saturated heterocycles. The maximum absolute atomic E-state index is 12.7. The minimum absolute atomic E-state index is 0.00498. The topological polar surface area (TPSA) is 108 Å². The first-order valence-electron chi connectivity index (χ1n) is 18.2. The zero-order valence-corrected chi connectivity index (χ0v) is 30.7. The van der Waals surface area contributed by atoms with E-state index in [2.05, 4.69) is 31.3 Å². The summed E-state index contributed by atoms with van der Waals surface area (Å²) in [6.07, 6.45) is 30.8. The number of aliphatic hydroxyl groups is 1. The molecule has 0 radical (unpaired) electrons. The zero-order valence-electron chi connectivity index (χ0n) is 29.8. The Morgan fingerprint density at radius 2 is 1.24 bits per heavy atom. The number of phosphoric acid groups is 1. The molecule has 3 atom stereocenters. The molecule has 266 valence electrons. The van der Waals surface area contributed by atoms with Gasteiger partial charge in [-0.05, 0) is 32.1 Å². The van der Waals surface area contributed by atoms with Gasteiger partial charge < -0.3 is 28.8 Å². The van der Waals surface area contributed by atoms with Gasteiger partial charge in [-0.3, -0.25) is 9.36 Å². The summed E-state index contributed by atoms with van der Waals surface area (Å²) >= 11 is 0. The number of allylic oxidation sites excluding steroid dienone is 3. The molecule has 0 aliphatic carbocycles. The third-order valence-electron chi connectivity index (χ3n) is 7.91. The standard InChI is InChI=1S/C36H71N2O6P/c1-6-8-10-12-14-16-18-20-22-24-26-28-30-36(40)37-34(33-44-45(41,42)43-32-31-38(3,4)5)35(39)29-27-25-23-21-19-17-15-13-11-9-7-2/h19,21,27,29,34-35,39H,6-18,20,22-26,28,30-33H2,1-5H3,(H-,37,40,41,42)/b21-19+,29-27+. The number of phosphoric ester groups is 1. The van der Waals surface area contributed by atoms with Crippen molar-refractivity contribution in [3.05, 3.63) is 24.3 Å². The van der Waals surface area contributed by atoms with Crippen molar-refractivity contribution in [3.63, 3.8) is 0 Å². The van der Waals surface area contributed by atoms with Crippen molar-refractivity contribution < 1.29 is 32.9 Å². The van der Waals surface area contributed by atoms with E-state index in [0.717, 1.165) is 38.5 Å². The first-order chi connectivity index (χ1) is 21.5. The molecule has 0 aliphatic rings. The van der Waals surface area contributed by atoms with Crippen molar-refractivity contribution in [2.75, 3.05) is 40.9 Å². The summed E-state index contributed by atoms with van der Waals surface area (Å²) in [5.74, 6) is -0.211. The molecule has 45 heavy (non-hydrogen) atoms. The predicted molar refractivity (Wildman–Crippen MR) is 187 cm³/mol. The molecule has 1 amide bonds. The van der Waals surface area contributed by atoms with E-state index in [1.54, 1.807) is 6.08 Å². The summed E-state index contributed by atoms with van der Waals surface area (Å²) in [6, 6.07) is -0.894. The number of amides is 1. The van der Waals surface area contributed by atoms with Crippen LogP contribution in [0.1, 0.15) is 149 Å². The van der Waals surface area contributed by atoms with Crippen LogP contribution < -0.4 is 10.2 Å². The lowest BCUT2D eigenvalue weighted by atomic mass is 10.0. The maximum Gasteiger partial charge on any atom is 0.268 e. The second-order valence-corrected chi connectivity index (χ2v) is 15.0. The highest BCUT2D eigenvalue weighted by Gasteiger charge is 2.23. The summed E-state index contributed by atoms with van der Waals surface area (Å²) in [5.41, 5.74) is 0. The lowest BCUT2D eigenvalue weighted by Crippen LogP contribution is -2.45. The third-order valence-corrected chi connectivity index (χ3v) is 8.88. The average Bonchev–Trinajstić information content (AvgIpc) is 2.97. The van der Waals surface area contributed by atoms with E-state index < -0.39 is 26.6 Å². The van der Waals surface area contributed by atoms with Crippen molar-refractivity contribution in [2.45, 2.75) is 161 Å². The summed E-state index contributed by atoms with van der Waals surface area (Å²) in [4.78, 5) is 25.1. The number of carbonyl (C=O) groups excluding carboxylic acids is 1. The number of hydrogen-bond donors (Lipinski definition) is 2. The van der Waals surface area contributed by atoms with Gasteiger partial charge in [-0.1, -0.05) is 134 Å². The Labute approximate surface area is 277 Å². The van der Waals surface area contributed by atoms with Crippen LogP contribution in [0.5, 0.6) is 0 Å². The molecule has 9 heteroatoms. The number of rotatable bonds is 32. The summed E-state index contributed by atoms with van der Waals surface area (Å²) in [7, 11) is 1.24. The van der Waals surface area contributed by atoms with Crippen molar-refractivity contribution in [3.8, 4) is 0 Å². The van der Waals surface area contributed by atoms with E-state index in [4.69, 9.17) is 9.05 Å². The molecule has 0 rings (SSSR count). The minimum atomic E-state index is -4.58. The van der Waals surface area contributed by atoms with E-state index in [1.165, 1.54) is 89.9 Å². The van der Waals surface area contributed by atoms with Crippen molar-refractivity contribution in [1.29, 1.82) is 0 Å². The zero-order chi connectivity index (χ0) is 33.7. The SMILES string of the molecule is CCCCCCC/C=C/CC/C=C/C(O)C(COP(=O)([O-])OCC[N+](C)(C)C)NC(=O)CCCCCCCCCCCCCC. The van der Waals surface area contributed by atoms with Gasteiger partial charge in [0, 0.05) is 6.42 Å². The van der Waals surface area contributed by atoms with Crippen LogP contribution >= 0.6 is 7.82 Å². The van der Waals surface area contributed by atoms with Crippen LogP contribution in [0, 0.1) is 0 Å². The molecule has 0 spiro atoms. The maximum atomic E-state index is 12.7. The van der Waals surface area contributed by atoms with Crippen molar-refractivity contribution in [1.82, 2.24) is 5.32 Å². The van der Waals surface area contributed by atoms with Crippen molar-refractivity contribution in [2.24, 2.45) is 0 Å². The van der Waals surface area contributed by atoms with Gasteiger partial charge in [0.15, 0.2) is 0 Å². The number of nitrogens with one attached hydrogen (secondary N) is 1. The summed E-state index contributed by atoms with van der Waals surface area (Å²) in [6.45, 7) is 4.56. The van der Waals surface area contributed by atoms with Gasteiger partial charge in [0.2, 0.25) is 5.91 Å². The molecule has 0 bridgehead atoms. The van der Waals surface area contributed by atoms with Gasteiger partial charge in [-0.2, -0.15) is 0 Å². The highest BCUT2D eigenvalue weighted by molar-refractivity contribution is 7.45. The second-order valence-electron chi connectivity index (χ2n) is 13.6. The predicted octanol–water partition coefficient (Wildman–Crippen LogP) is 8.38. The van der Waals surface area contributed by atoms with Gasteiger partial charge in [-0.25, -0.2) is 0 Å². The lowest BCUT2D eigenvalue weighted by Gasteiger charge is -2.29. The molecule has 0 saturated carbocycles. The Morgan fingerprint density at radius 3 is 1.80 bits per heavy atom. The fraction of sp³-hybridized carbons (Fsp3) is 0.861. The number of likely N-dealkylation sites (N-methyl/N-ethyl adjacent to an activating group) is 1. The Kier molecular flexibility index (Phi) is 28.5. The molecule has 0 aliphatic heterocycles. The fourth-order valence-corrected chi connectivity index (χ4v) is 5.65. The van der Waals surface area contributed by atoms with E-state index in [-0.39, 0.29) is 12.5 Å². The second kappa shape index (κ2) is 29.1. The Morgan fingerprint density at radius 1 is 0.756 bits per heavy atom. The number of nitrogens with zero attached hydrogens (tertiary/aromatic N) is 1. The molecule has 0 aromatic rings. The molecular formula is C36H71N2O6P. The Bertz CT molecular complexity index is 799. The lowest BCUT2D eigenvalue weighted by molar-refractivity contribution is -0.870. The fourth-order valence-electron chi connectivity index (χ4n) is 4.93. The number of quaternary nitrogens is 1. The van der Waals surface area contributed by atoms with Crippen LogP contribution in [0.2, 0.25) is 0 Å². The van der Waals surface area contributed by atoms with Crippen LogP contribution in [-0.2, 0) is 18.4 Å². The van der Waals surface area contributed by atoms with E-state index in [9.17, 15) is 19.4 Å². The third kappa shape index (κ3) is 31.4. The van der Waals surface area contributed by atoms with Gasteiger partial charge in [-0.15, -0.1) is 0 Å². The molecular weight excluding hydrogens is 587 g/mol. The number of aliphatic hydroxyl groups excluding tert-OH is 1. The van der Waals surface area contributed by atoms with Crippen LogP contribution in [0.15, 0.2) is 24.3 Å². The van der Waals surface area contributed by atoms with Crippen LogP contribution in [0.3, 0.4) is 0 Å². The molecule has 0 fully saturated rings. The first-order valence-corrected chi connectivity index (χ1v) is 19.7. The van der Waals surface area contributed by atoms with Gasteiger partial charge >= 0.3 is 0 Å². The molecule has 3 unspecified atom stereocenters. The molecule has 0 aromatic heterocycles. The summed E-state index contributed by atoms with van der Waals surface area (Å²) < 4.78 is 23.0. The van der Waals surface area contributed by atoms with Gasteiger partial charge in [0.1, 0.15) is 13.2 Å². The molecule has 0 heterocycles. The Hall–Kier alpha value is -1.02. The average molecular weight is 659 g/mol. The number of carbonyl (C=O) groups is 1.